The van der Waals surface area contributed by atoms with E-state index >= 15 is 0 Å². The van der Waals surface area contributed by atoms with Gasteiger partial charge in [0.2, 0.25) is 0 Å². The summed E-state index contributed by atoms with van der Waals surface area (Å²) in [6.45, 7) is 7.06. The molecule has 8 heteroatoms. The van der Waals surface area contributed by atoms with Crippen LogP contribution >= 0.6 is 0 Å². The number of carbonyl (C=O) groups excluding carboxylic acids is 2. The lowest BCUT2D eigenvalue weighted by Gasteiger charge is -2.21. The van der Waals surface area contributed by atoms with Crippen LogP contribution in [-0.4, -0.2) is 51.1 Å². The summed E-state index contributed by atoms with van der Waals surface area (Å²) < 4.78 is 24.2. The van der Waals surface area contributed by atoms with Crippen molar-refractivity contribution in [2.75, 3.05) is 36.5 Å². The van der Waals surface area contributed by atoms with E-state index in [1.165, 1.54) is 18.1 Å². The Balaban J connectivity index is 1.73. The monoisotopic (exact) mass is 350 g/mol. The highest BCUT2D eigenvalue weighted by Gasteiger charge is 2.33. The fourth-order valence-corrected chi connectivity index (χ4v) is 3.21. The van der Waals surface area contributed by atoms with Crippen molar-refractivity contribution in [3.63, 3.8) is 0 Å². The Bertz CT molecular complexity index is 684. The van der Waals surface area contributed by atoms with E-state index < -0.39 is 24.1 Å². The van der Waals surface area contributed by atoms with Crippen molar-refractivity contribution in [3.05, 3.63) is 30.9 Å². The van der Waals surface area contributed by atoms with Gasteiger partial charge in [-0.3, -0.25) is 4.90 Å². The van der Waals surface area contributed by atoms with Gasteiger partial charge in [0.15, 0.2) is 0 Å². The zero-order chi connectivity index (χ0) is 18.1. The molecule has 2 fully saturated rings. The highest BCUT2D eigenvalue weighted by atomic mass is 19.1. The van der Waals surface area contributed by atoms with Gasteiger partial charge in [-0.1, -0.05) is 6.92 Å². The summed E-state index contributed by atoms with van der Waals surface area (Å²) in [4.78, 5) is 26.4. The smallest absolute Gasteiger partial charge is 0.414 e. The minimum absolute atomic E-state index is 0.119. The minimum Gasteiger partial charge on any atom is -0.453 e. The van der Waals surface area contributed by atoms with E-state index in [1.54, 1.807) is 12.1 Å². The third-order valence-corrected chi connectivity index (χ3v) is 4.56. The van der Waals surface area contributed by atoms with Crippen LogP contribution in [0.2, 0.25) is 0 Å². The molecule has 135 valence electrons. The number of benzene rings is 1. The fourth-order valence-electron chi connectivity index (χ4n) is 3.21. The maximum atomic E-state index is 14.6. The normalized spacial score (nSPS) is 25.9. The van der Waals surface area contributed by atoms with Crippen molar-refractivity contribution in [2.45, 2.75) is 19.1 Å². The van der Waals surface area contributed by atoms with Crippen LogP contribution in [0.25, 0.3) is 0 Å². The number of nitrogens with one attached hydrogen (secondary N) is 1. The number of ether oxygens (including phenoxy) is 2. The second-order valence-corrected chi connectivity index (χ2v) is 6.38. The molecule has 7 nitrogen and oxygen atoms in total. The van der Waals surface area contributed by atoms with Gasteiger partial charge in [0.25, 0.3) is 0 Å². The zero-order valence-electron chi connectivity index (χ0n) is 14.2. The molecular weight excluding hydrogens is 329 g/mol. The van der Waals surface area contributed by atoms with E-state index in [0.717, 1.165) is 0 Å². The van der Waals surface area contributed by atoms with Crippen molar-refractivity contribution in [2.24, 2.45) is 5.92 Å². The van der Waals surface area contributed by atoms with E-state index in [4.69, 9.17) is 4.74 Å². The Morgan fingerprint density at radius 1 is 1.40 bits per heavy atom. The predicted octanol–water partition coefficient (Wildman–Crippen LogP) is 2.17. The number of amides is 2. The molecule has 2 saturated heterocycles. The van der Waals surface area contributed by atoms with Gasteiger partial charge < -0.3 is 19.7 Å². The average molecular weight is 350 g/mol. The molecule has 0 bridgehead atoms. The SMILES string of the molecule is [CH2]C1CN(c2ccc(N3C[C@@H](C)[C@@H](NC(=O)OC)C3)c(F)c2)C(=O)O1. The lowest BCUT2D eigenvalue weighted by Crippen LogP contribution is -2.39. The summed E-state index contributed by atoms with van der Waals surface area (Å²) in [6.07, 6.45) is -1.48. The van der Waals surface area contributed by atoms with Gasteiger partial charge in [-0.05, 0) is 31.0 Å². The van der Waals surface area contributed by atoms with Crippen LogP contribution in [0.3, 0.4) is 0 Å². The maximum Gasteiger partial charge on any atom is 0.414 e. The molecule has 3 atom stereocenters. The van der Waals surface area contributed by atoms with Gasteiger partial charge >= 0.3 is 12.2 Å². The van der Waals surface area contributed by atoms with Crippen molar-refractivity contribution >= 4 is 23.6 Å². The van der Waals surface area contributed by atoms with Crippen LogP contribution in [0.1, 0.15) is 6.92 Å². The number of halogens is 1. The van der Waals surface area contributed by atoms with Crippen LogP contribution in [-0.2, 0) is 9.47 Å². The summed E-state index contributed by atoms with van der Waals surface area (Å²) in [5.41, 5.74) is 0.873. The number of carbonyl (C=O) groups is 2. The Kier molecular flexibility index (Phi) is 4.69. The third kappa shape index (κ3) is 3.47. The van der Waals surface area contributed by atoms with Crippen molar-refractivity contribution in [1.29, 1.82) is 0 Å². The summed E-state index contributed by atoms with van der Waals surface area (Å²) >= 11 is 0. The van der Waals surface area contributed by atoms with Crippen LogP contribution in [0.15, 0.2) is 18.2 Å². The molecule has 25 heavy (non-hydrogen) atoms. The van der Waals surface area contributed by atoms with E-state index in [9.17, 15) is 14.0 Å². The molecule has 1 unspecified atom stereocenters. The van der Waals surface area contributed by atoms with Gasteiger partial charge in [-0.2, -0.15) is 0 Å². The van der Waals surface area contributed by atoms with Crippen LogP contribution in [0.4, 0.5) is 25.4 Å². The first kappa shape index (κ1) is 17.3. The quantitative estimate of drug-likeness (QED) is 0.905. The molecule has 0 saturated carbocycles. The van der Waals surface area contributed by atoms with Crippen molar-refractivity contribution in [1.82, 2.24) is 5.32 Å². The Morgan fingerprint density at radius 3 is 2.76 bits per heavy atom. The molecule has 2 aliphatic heterocycles. The largest absolute Gasteiger partial charge is 0.453 e. The lowest BCUT2D eigenvalue weighted by molar-refractivity contribution is 0.159. The molecule has 1 N–H and O–H groups in total. The van der Waals surface area contributed by atoms with Crippen LogP contribution < -0.4 is 15.1 Å². The lowest BCUT2D eigenvalue weighted by atomic mass is 10.1. The first-order valence-electron chi connectivity index (χ1n) is 8.09. The number of nitrogens with zero attached hydrogens (tertiary/aromatic N) is 2. The molecule has 1 aromatic carbocycles. The molecule has 0 spiro atoms. The minimum atomic E-state index is -0.524. The molecule has 0 aromatic heterocycles. The van der Waals surface area contributed by atoms with Gasteiger partial charge in [0.1, 0.15) is 11.9 Å². The fraction of sp³-hybridized carbons (Fsp3) is 0.471. The Labute approximate surface area is 145 Å². The summed E-state index contributed by atoms with van der Waals surface area (Å²) in [6, 6.07) is 4.53. The van der Waals surface area contributed by atoms with Crippen molar-refractivity contribution < 1.29 is 23.5 Å². The number of hydrogen-bond acceptors (Lipinski definition) is 5. The topological polar surface area (TPSA) is 71.1 Å². The molecule has 1 radical (unpaired) electrons. The number of hydrogen-bond donors (Lipinski definition) is 1. The van der Waals surface area contributed by atoms with Crippen LogP contribution in [0, 0.1) is 18.7 Å². The Hall–Kier alpha value is -2.51. The number of anilines is 2. The maximum absolute atomic E-state index is 14.6. The number of rotatable bonds is 3. The number of methoxy groups -OCH3 is 1. The third-order valence-electron chi connectivity index (χ3n) is 4.56. The molecule has 2 amide bonds. The molecule has 2 aliphatic rings. The first-order valence-corrected chi connectivity index (χ1v) is 8.09. The molecule has 3 rings (SSSR count). The highest BCUT2D eigenvalue weighted by molar-refractivity contribution is 5.90. The molecule has 2 heterocycles. The van der Waals surface area contributed by atoms with Gasteiger partial charge in [0.05, 0.1) is 31.1 Å². The van der Waals surface area contributed by atoms with Gasteiger partial charge in [-0.15, -0.1) is 0 Å². The summed E-state index contributed by atoms with van der Waals surface area (Å²) in [7, 11) is 1.31. The van der Waals surface area contributed by atoms with Crippen LogP contribution in [0.5, 0.6) is 0 Å². The average Bonchev–Trinajstić information content (AvgIpc) is 3.09. The predicted molar refractivity (Wildman–Crippen MR) is 90.1 cm³/mol. The van der Waals surface area contributed by atoms with Gasteiger partial charge in [0, 0.05) is 13.1 Å². The molecule has 0 aliphatic carbocycles. The molecular formula is C17H21FN3O4. The van der Waals surface area contributed by atoms with E-state index in [2.05, 4.69) is 17.0 Å². The second-order valence-electron chi connectivity index (χ2n) is 6.38. The van der Waals surface area contributed by atoms with Gasteiger partial charge in [-0.25, -0.2) is 14.0 Å². The number of alkyl carbamates (subject to hydrolysis) is 1. The van der Waals surface area contributed by atoms with E-state index in [-0.39, 0.29) is 12.0 Å². The first-order chi connectivity index (χ1) is 11.9. The van der Waals surface area contributed by atoms with E-state index in [1.807, 2.05) is 11.8 Å². The number of cyclic esters (lactones) is 1. The molecule has 1 aromatic rings. The van der Waals surface area contributed by atoms with Crippen molar-refractivity contribution in [3.8, 4) is 0 Å². The standard InChI is InChI=1S/C17H21FN3O4/c1-10-7-20(9-14(10)19-16(22)24-3)15-5-4-12(6-13(15)18)21-8-11(2)25-17(21)23/h4-6,10-11,14H,2,7-9H2,1,3H3,(H,19,22)/t10-,11?,14+/m1/s1. The summed E-state index contributed by atoms with van der Waals surface area (Å²) in [5.74, 6) is -0.276. The van der Waals surface area contributed by atoms with E-state index in [0.29, 0.717) is 31.0 Å². The Morgan fingerprint density at radius 2 is 2.16 bits per heavy atom. The highest BCUT2D eigenvalue weighted by Crippen LogP contribution is 2.31. The second kappa shape index (κ2) is 6.78. The zero-order valence-corrected chi connectivity index (χ0v) is 14.2. The summed E-state index contributed by atoms with van der Waals surface area (Å²) in [5, 5.41) is 2.76.